The van der Waals surface area contributed by atoms with Crippen LogP contribution in [0.3, 0.4) is 0 Å². The summed E-state index contributed by atoms with van der Waals surface area (Å²) in [5.41, 5.74) is 18.6. The van der Waals surface area contributed by atoms with Crippen LogP contribution in [-0.2, 0) is 12.8 Å². The summed E-state index contributed by atoms with van der Waals surface area (Å²) in [7, 11) is 0. The summed E-state index contributed by atoms with van der Waals surface area (Å²) in [5, 5.41) is 0.0748. The minimum Gasteiger partial charge on any atom is -0.310 e. The maximum atomic E-state index is 5.38. The van der Waals surface area contributed by atoms with Gasteiger partial charge >= 0.3 is 0 Å². The van der Waals surface area contributed by atoms with Crippen LogP contribution in [0, 0.1) is 16.2 Å². The Hall–Kier alpha value is -4.35. The van der Waals surface area contributed by atoms with Crippen LogP contribution < -0.4 is 0 Å². The van der Waals surface area contributed by atoms with Gasteiger partial charge in [-0.15, -0.1) is 0 Å². The number of pyridine rings is 2. The van der Waals surface area contributed by atoms with Crippen molar-refractivity contribution >= 4 is 46.8 Å². The quantitative estimate of drug-likeness (QED) is 0.172. The van der Waals surface area contributed by atoms with Gasteiger partial charge in [-0.25, -0.2) is 0 Å². The second-order valence-corrected chi connectivity index (χ2v) is 20.6. The number of hydrogen-bond donors (Lipinski definition) is 1. The van der Waals surface area contributed by atoms with Crippen LogP contribution in [0.4, 0.5) is 0 Å². The first-order chi connectivity index (χ1) is 25.9. The first-order valence-corrected chi connectivity index (χ1v) is 20.8. The molecule has 55 heavy (non-hydrogen) atoms. The van der Waals surface area contributed by atoms with Gasteiger partial charge in [0.15, 0.2) is 0 Å². The molecule has 6 aromatic rings. The fourth-order valence-corrected chi connectivity index (χ4v) is 9.50. The maximum Gasteiger partial charge on any atom is 0.0963 e. The predicted octanol–water partition coefficient (Wildman–Crippen LogP) is 13.9. The Bertz CT molecular complexity index is 2500. The van der Waals surface area contributed by atoms with Gasteiger partial charge in [-0.05, 0) is 120 Å². The molecule has 4 aromatic heterocycles. The van der Waals surface area contributed by atoms with Gasteiger partial charge in [-0.3, -0.25) is 9.97 Å². The fraction of sp³-hybridized carbons (Fsp3) is 0.400. The van der Waals surface area contributed by atoms with Gasteiger partial charge < -0.3 is 9.13 Å². The molecule has 0 aliphatic heterocycles. The molecule has 2 atom stereocenters. The molecule has 0 N–H and O–H groups in total. The van der Waals surface area contributed by atoms with Gasteiger partial charge in [0, 0.05) is 44.8 Å². The number of nitrogens with zero attached hydrogens (tertiary/aromatic N) is 4. The molecule has 0 saturated carbocycles. The second-order valence-electron chi connectivity index (χ2n) is 20.0. The summed E-state index contributed by atoms with van der Waals surface area (Å²) in [6.07, 6.45) is 12.0. The van der Waals surface area contributed by atoms with Gasteiger partial charge in [0.1, 0.15) is 0 Å². The highest BCUT2D eigenvalue weighted by Crippen LogP contribution is 2.46. The Kier molecular flexibility index (Phi) is 9.35. The van der Waals surface area contributed by atoms with Crippen molar-refractivity contribution in [2.75, 3.05) is 0 Å². The van der Waals surface area contributed by atoms with Gasteiger partial charge in [-0.1, -0.05) is 111 Å². The van der Waals surface area contributed by atoms with E-state index in [0.29, 0.717) is 5.92 Å². The van der Waals surface area contributed by atoms with Crippen LogP contribution in [0.1, 0.15) is 134 Å². The molecular weight excluding hydrogens is 689 g/mol. The van der Waals surface area contributed by atoms with E-state index in [-0.39, 0.29) is 21.5 Å². The maximum absolute atomic E-state index is 5.38. The van der Waals surface area contributed by atoms with Crippen LogP contribution >= 0.6 is 12.6 Å². The highest BCUT2D eigenvalue weighted by atomic mass is 32.1. The first-order valence-electron chi connectivity index (χ1n) is 20.3. The van der Waals surface area contributed by atoms with Crippen LogP contribution in [0.25, 0.3) is 56.7 Å². The van der Waals surface area contributed by atoms with Crippen LogP contribution in [0.5, 0.6) is 0 Å². The van der Waals surface area contributed by atoms with E-state index in [0.717, 1.165) is 71.4 Å². The monoisotopic (exact) mass is 746 g/mol. The van der Waals surface area contributed by atoms with E-state index in [1.807, 2.05) is 0 Å². The third-order valence-electron chi connectivity index (χ3n) is 11.0. The van der Waals surface area contributed by atoms with Crippen molar-refractivity contribution in [1.82, 2.24) is 19.1 Å². The molecule has 2 aliphatic rings. The number of allylic oxidation sites excluding steroid dienone is 2. The van der Waals surface area contributed by atoms with E-state index in [2.05, 4.69) is 169 Å². The third-order valence-corrected chi connectivity index (χ3v) is 11.4. The minimum atomic E-state index is 0.0748. The summed E-state index contributed by atoms with van der Waals surface area (Å²) in [6.45, 7) is 23.0. The molecule has 4 nitrogen and oxygen atoms in total. The Labute approximate surface area is 334 Å². The Balaban J connectivity index is 1.25. The molecule has 2 unspecified atom stereocenters. The lowest BCUT2D eigenvalue weighted by atomic mass is 9.83. The zero-order valence-electron chi connectivity index (χ0n) is 34.6. The van der Waals surface area contributed by atoms with Crippen LogP contribution in [-0.4, -0.2) is 19.1 Å². The minimum absolute atomic E-state index is 0.0748. The number of hydrogen-bond acceptors (Lipinski definition) is 3. The molecule has 8 rings (SSSR count). The number of aromatic nitrogens is 4. The van der Waals surface area contributed by atoms with Crippen molar-refractivity contribution in [3.05, 3.63) is 118 Å². The van der Waals surface area contributed by atoms with Gasteiger partial charge in [0.05, 0.1) is 27.8 Å². The highest BCUT2D eigenvalue weighted by Gasteiger charge is 2.30. The summed E-state index contributed by atoms with van der Waals surface area (Å²) in [5.74, 6) is 0.414. The average molecular weight is 747 g/mol. The fourth-order valence-electron chi connectivity index (χ4n) is 9.01. The predicted molar refractivity (Wildman–Crippen MR) is 238 cm³/mol. The van der Waals surface area contributed by atoms with Crippen molar-refractivity contribution in [1.29, 1.82) is 0 Å². The number of fused-ring (bicyclic) bond motifs is 6. The third kappa shape index (κ3) is 7.49. The van der Waals surface area contributed by atoms with Crippen molar-refractivity contribution in [3.8, 4) is 22.5 Å². The van der Waals surface area contributed by atoms with E-state index in [9.17, 15) is 0 Å². The summed E-state index contributed by atoms with van der Waals surface area (Å²) < 4.78 is 4.87. The topological polar surface area (TPSA) is 35.6 Å². The lowest BCUT2D eigenvalue weighted by Crippen LogP contribution is -2.12. The van der Waals surface area contributed by atoms with Crippen molar-refractivity contribution in [2.24, 2.45) is 16.2 Å². The molecule has 0 radical (unpaired) electrons. The van der Waals surface area contributed by atoms with Gasteiger partial charge in [0.2, 0.25) is 0 Å². The van der Waals surface area contributed by atoms with E-state index < -0.39 is 0 Å². The molecule has 2 aromatic carbocycles. The molecule has 0 fully saturated rings. The van der Waals surface area contributed by atoms with Crippen LogP contribution in [0.2, 0.25) is 0 Å². The highest BCUT2D eigenvalue weighted by molar-refractivity contribution is 7.80. The zero-order valence-corrected chi connectivity index (χ0v) is 35.5. The summed E-state index contributed by atoms with van der Waals surface area (Å²) >= 11 is 5.32. The van der Waals surface area contributed by atoms with Gasteiger partial charge in [0.25, 0.3) is 0 Å². The molecule has 284 valence electrons. The lowest BCUT2D eigenvalue weighted by Gasteiger charge is -2.27. The SMILES string of the molecule is CC1CC=Cc2c1c1nc(CC(C)(C)C)ccc1n2-c1cccc(-c2cccc(-n3c4c(c5nc(CC(C)(C)C)ccc53)C=C(CC(C)(C)C)CC4S)c2)c1. The lowest BCUT2D eigenvalue weighted by molar-refractivity contribution is 0.404. The van der Waals surface area contributed by atoms with Crippen LogP contribution in [0.15, 0.2) is 84.4 Å². The smallest absolute Gasteiger partial charge is 0.0963 e. The molecular formula is C50H58N4S. The molecule has 0 spiro atoms. The zero-order chi connectivity index (χ0) is 39.0. The summed E-state index contributed by atoms with van der Waals surface area (Å²) in [4.78, 5) is 10.7. The van der Waals surface area contributed by atoms with Crippen molar-refractivity contribution in [2.45, 2.75) is 113 Å². The first kappa shape index (κ1) is 37.6. The Morgan fingerprint density at radius 1 is 0.673 bits per heavy atom. The molecule has 5 heteroatoms. The Morgan fingerprint density at radius 3 is 1.80 bits per heavy atom. The van der Waals surface area contributed by atoms with E-state index in [1.54, 1.807) is 0 Å². The molecule has 4 heterocycles. The van der Waals surface area contributed by atoms with E-state index in [1.165, 1.54) is 44.7 Å². The molecule has 0 bridgehead atoms. The van der Waals surface area contributed by atoms with Crippen molar-refractivity contribution in [3.63, 3.8) is 0 Å². The normalized spacial score (nSPS) is 17.5. The summed E-state index contributed by atoms with van der Waals surface area (Å²) in [6, 6.07) is 27.1. The van der Waals surface area contributed by atoms with Crippen molar-refractivity contribution < 1.29 is 0 Å². The number of thiol groups is 1. The van der Waals surface area contributed by atoms with E-state index >= 15 is 0 Å². The number of benzene rings is 2. The number of rotatable bonds is 6. The molecule has 0 saturated heterocycles. The average Bonchev–Trinajstić information content (AvgIpc) is 3.59. The largest absolute Gasteiger partial charge is 0.310 e. The molecule has 0 amide bonds. The standard InChI is InChI=1S/C50H58N4S/c1-31-14-11-19-40-44(31)46-42(23-21-36(52-46)30-50(8,9)10)53(40)37-17-12-15-33(26-37)34-16-13-18-38(27-34)54-41-22-20-35(29-49(5,6)7)51-45(41)39-24-32(28-48(2,3)4)25-43(55)47(39)54/h11-13,15-24,26-27,31,43,55H,14,25,28-30H2,1-10H3. The van der Waals surface area contributed by atoms with E-state index in [4.69, 9.17) is 22.6 Å². The second kappa shape index (κ2) is 13.7. The molecule has 2 aliphatic carbocycles. The van der Waals surface area contributed by atoms with Gasteiger partial charge in [-0.2, -0.15) is 12.6 Å². The Morgan fingerprint density at radius 2 is 1.22 bits per heavy atom.